The highest BCUT2D eigenvalue weighted by Crippen LogP contribution is 2.28. The predicted octanol–water partition coefficient (Wildman–Crippen LogP) is 4.08. The molecule has 0 aliphatic carbocycles. The molecule has 0 unspecified atom stereocenters. The second-order valence-corrected chi connectivity index (χ2v) is 7.32. The molecule has 29 heavy (non-hydrogen) atoms. The maximum atomic E-state index is 13.5. The zero-order valence-electron chi connectivity index (χ0n) is 14.7. The van der Waals surface area contributed by atoms with Crippen molar-refractivity contribution in [2.45, 2.75) is 18.5 Å². The Hall–Kier alpha value is -2.95. The van der Waals surface area contributed by atoms with E-state index in [-0.39, 0.29) is 11.1 Å². The fourth-order valence-corrected chi connectivity index (χ4v) is 2.61. The minimum absolute atomic E-state index is 0.0260. The Morgan fingerprint density at radius 2 is 1.83 bits per heavy atom. The number of nitrogens with one attached hydrogen (secondary N) is 1. The van der Waals surface area contributed by atoms with Gasteiger partial charge in [0, 0.05) is 17.7 Å². The van der Waals surface area contributed by atoms with Gasteiger partial charge in [-0.1, -0.05) is 12.1 Å². The lowest BCUT2D eigenvalue weighted by Gasteiger charge is -2.15. The maximum Gasteiger partial charge on any atom is 0.534 e. The predicted molar refractivity (Wildman–Crippen MR) is 94.0 cm³/mol. The Labute approximate surface area is 162 Å². The van der Waals surface area contributed by atoms with Crippen molar-refractivity contribution in [1.29, 1.82) is 0 Å². The number of halogens is 5. The van der Waals surface area contributed by atoms with Crippen LogP contribution in [-0.2, 0) is 14.9 Å². The molecule has 5 nitrogen and oxygen atoms in total. The quantitative estimate of drug-likeness (QED) is 0.321. The molecule has 1 atom stereocenters. The molecule has 2 rings (SSSR count). The van der Waals surface area contributed by atoms with Crippen LogP contribution >= 0.6 is 0 Å². The van der Waals surface area contributed by atoms with Crippen molar-refractivity contribution in [2.75, 3.05) is 0 Å². The first-order chi connectivity index (χ1) is 13.4. The largest absolute Gasteiger partial charge is 0.534 e. The van der Waals surface area contributed by atoms with E-state index in [1.807, 2.05) is 0 Å². The van der Waals surface area contributed by atoms with Crippen molar-refractivity contribution in [3.05, 3.63) is 71.3 Å². The van der Waals surface area contributed by atoms with Crippen molar-refractivity contribution in [3.8, 4) is 5.75 Å². The summed E-state index contributed by atoms with van der Waals surface area (Å²) in [7, 11) is -5.82. The number of carbonyl (C=O) groups is 1. The van der Waals surface area contributed by atoms with E-state index in [1.54, 1.807) is 0 Å². The molecule has 2 aromatic carbocycles. The lowest BCUT2D eigenvalue weighted by molar-refractivity contribution is -0.117. The summed E-state index contributed by atoms with van der Waals surface area (Å²) in [6.07, 6.45) is 2.10. The third-order valence-electron chi connectivity index (χ3n) is 3.58. The Morgan fingerprint density at radius 3 is 2.45 bits per heavy atom. The highest BCUT2D eigenvalue weighted by molar-refractivity contribution is 7.88. The highest BCUT2D eigenvalue weighted by Gasteiger charge is 2.48. The second-order valence-electron chi connectivity index (χ2n) is 5.79. The molecule has 0 bridgehead atoms. The fraction of sp³-hybridized carbons (Fsp3) is 0.167. The number of amides is 1. The van der Waals surface area contributed by atoms with Crippen LogP contribution in [0, 0.1) is 11.6 Å². The molecule has 1 N–H and O–H groups in total. The Balaban J connectivity index is 2.08. The van der Waals surface area contributed by atoms with Crippen molar-refractivity contribution < 1.29 is 39.3 Å². The molecule has 11 heteroatoms. The summed E-state index contributed by atoms with van der Waals surface area (Å²) in [5.74, 6) is -2.88. The topological polar surface area (TPSA) is 72.5 Å². The summed E-state index contributed by atoms with van der Waals surface area (Å²) < 4.78 is 89.8. The number of hydrogen-bond acceptors (Lipinski definition) is 4. The standard InChI is InChI=1S/C18H14F5NO4S/c1-11(24-17(25)8-6-12-5-7-14(19)10-16(12)20)13-3-2-4-15(9-13)28-29(26,27)18(21,22)23/h2-11H,1H3,(H,24,25)/t11-/m0/s1. The number of hydrogen-bond donors (Lipinski definition) is 1. The molecule has 0 heterocycles. The van der Waals surface area contributed by atoms with Gasteiger partial charge in [-0.3, -0.25) is 4.79 Å². The third-order valence-corrected chi connectivity index (χ3v) is 4.56. The number of rotatable bonds is 6. The third kappa shape index (κ3) is 6.01. The van der Waals surface area contributed by atoms with Gasteiger partial charge in [-0.2, -0.15) is 21.6 Å². The Bertz CT molecular complexity index is 1030. The summed E-state index contributed by atoms with van der Waals surface area (Å²) in [5, 5.41) is 2.47. The van der Waals surface area contributed by atoms with Crippen LogP contribution in [0.1, 0.15) is 24.1 Å². The van der Waals surface area contributed by atoms with Crippen LogP contribution in [0.25, 0.3) is 6.08 Å². The van der Waals surface area contributed by atoms with Gasteiger partial charge in [-0.15, -0.1) is 0 Å². The lowest BCUT2D eigenvalue weighted by atomic mass is 10.1. The van der Waals surface area contributed by atoms with E-state index in [9.17, 15) is 35.2 Å². The van der Waals surface area contributed by atoms with Gasteiger partial charge in [0.1, 0.15) is 17.4 Å². The maximum absolute atomic E-state index is 13.5. The van der Waals surface area contributed by atoms with E-state index in [1.165, 1.54) is 19.1 Å². The normalized spacial score (nSPS) is 13.3. The number of carbonyl (C=O) groups excluding carboxylic acids is 1. The minimum Gasteiger partial charge on any atom is -0.376 e. The zero-order valence-corrected chi connectivity index (χ0v) is 15.5. The van der Waals surface area contributed by atoms with E-state index >= 15 is 0 Å². The second kappa shape index (κ2) is 8.60. The van der Waals surface area contributed by atoms with Crippen molar-refractivity contribution in [2.24, 2.45) is 0 Å². The van der Waals surface area contributed by atoms with Crippen LogP contribution in [0.2, 0.25) is 0 Å². The van der Waals surface area contributed by atoms with Gasteiger partial charge in [0.25, 0.3) is 0 Å². The molecule has 0 saturated heterocycles. The molecule has 0 aromatic heterocycles. The van der Waals surface area contributed by atoms with E-state index in [0.717, 1.165) is 36.4 Å². The molecule has 0 fully saturated rings. The van der Waals surface area contributed by atoms with Gasteiger partial charge < -0.3 is 9.50 Å². The summed E-state index contributed by atoms with van der Waals surface area (Å²) in [6, 6.07) is 6.78. The van der Waals surface area contributed by atoms with Crippen LogP contribution in [0.3, 0.4) is 0 Å². The van der Waals surface area contributed by atoms with Crippen LogP contribution in [0.5, 0.6) is 5.75 Å². The van der Waals surface area contributed by atoms with E-state index < -0.39 is 45.0 Å². The smallest absolute Gasteiger partial charge is 0.376 e. The van der Waals surface area contributed by atoms with Crippen molar-refractivity contribution >= 4 is 22.1 Å². The van der Waals surface area contributed by atoms with Crippen LogP contribution < -0.4 is 9.50 Å². The highest BCUT2D eigenvalue weighted by atomic mass is 32.2. The van der Waals surface area contributed by atoms with E-state index in [0.29, 0.717) is 6.07 Å². The lowest BCUT2D eigenvalue weighted by Crippen LogP contribution is -2.28. The first kappa shape index (κ1) is 22.3. The molecule has 0 aliphatic rings. The number of benzene rings is 2. The van der Waals surface area contributed by atoms with Crippen molar-refractivity contribution in [1.82, 2.24) is 5.32 Å². The monoisotopic (exact) mass is 435 g/mol. The molecule has 156 valence electrons. The van der Waals surface area contributed by atoms with Crippen LogP contribution in [0.4, 0.5) is 22.0 Å². The van der Waals surface area contributed by atoms with Gasteiger partial charge in [0.05, 0.1) is 6.04 Å². The number of alkyl halides is 3. The fourth-order valence-electron chi connectivity index (χ4n) is 2.16. The minimum atomic E-state index is -5.82. The first-order valence-electron chi connectivity index (χ1n) is 7.93. The SMILES string of the molecule is C[C@H](NC(=O)C=Cc1ccc(F)cc1F)c1cccc(OS(=O)(=O)C(F)(F)F)c1. The van der Waals surface area contributed by atoms with E-state index in [4.69, 9.17) is 0 Å². The van der Waals surface area contributed by atoms with Gasteiger partial charge in [-0.05, 0) is 42.8 Å². The molecular formula is C18H14F5NO4S. The summed E-state index contributed by atoms with van der Waals surface area (Å²) in [5.41, 5.74) is -5.35. The summed E-state index contributed by atoms with van der Waals surface area (Å²) in [4.78, 5) is 12.0. The molecule has 2 aromatic rings. The molecule has 1 amide bonds. The van der Waals surface area contributed by atoms with Gasteiger partial charge in [0.2, 0.25) is 5.91 Å². The zero-order chi connectivity index (χ0) is 21.8. The summed E-state index contributed by atoms with van der Waals surface area (Å²) in [6.45, 7) is 1.49. The van der Waals surface area contributed by atoms with Crippen LogP contribution in [0.15, 0.2) is 48.5 Å². The van der Waals surface area contributed by atoms with Gasteiger partial charge in [-0.25, -0.2) is 8.78 Å². The molecule has 0 aliphatic heterocycles. The van der Waals surface area contributed by atoms with Crippen molar-refractivity contribution in [3.63, 3.8) is 0 Å². The molecular weight excluding hydrogens is 421 g/mol. The first-order valence-corrected chi connectivity index (χ1v) is 9.34. The Morgan fingerprint density at radius 1 is 1.14 bits per heavy atom. The molecule has 0 spiro atoms. The molecule has 0 radical (unpaired) electrons. The van der Waals surface area contributed by atoms with Gasteiger partial charge in [0.15, 0.2) is 0 Å². The van der Waals surface area contributed by atoms with Gasteiger partial charge >= 0.3 is 15.6 Å². The Kier molecular flexibility index (Phi) is 6.62. The average molecular weight is 435 g/mol. The van der Waals surface area contributed by atoms with Crippen LogP contribution in [-0.4, -0.2) is 19.8 Å². The molecule has 0 saturated carbocycles. The summed E-state index contributed by atoms with van der Waals surface area (Å²) >= 11 is 0. The van der Waals surface area contributed by atoms with E-state index in [2.05, 4.69) is 9.50 Å². The average Bonchev–Trinajstić information content (AvgIpc) is 2.59.